The van der Waals surface area contributed by atoms with E-state index in [1.165, 1.54) is 0 Å². The van der Waals surface area contributed by atoms with Gasteiger partial charge in [0.2, 0.25) is 0 Å². The van der Waals surface area contributed by atoms with Gasteiger partial charge in [-0.1, -0.05) is 38.1 Å². The predicted octanol–water partition coefficient (Wildman–Crippen LogP) is 0.508. The Balaban J connectivity index is -0.0000000365. The van der Waals surface area contributed by atoms with Crippen LogP contribution in [0.5, 0.6) is 0 Å². The average Bonchev–Trinajstić information content (AvgIpc) is 2.26. The number of carbonyl (C=O) groups excluding carboxylic acids is 1. The van der Waals surface area contributed by atoms with Crippen molar-refractivity contribution in [2.45, 2.75) is 33.1 Å². The van der Waals surface area contributed by atoms with Crippen LogP contribution in [0.2, 0.25) is 0 Å². The summed E-state index contributed by atoms with van der Waals surface area (Å²) in [6, 6.07) is 7.39. The minimum absolute atomic E-state index is 0. The fourth-order valence-electron chi connectivity index (χ4n) is 1.75. The molecule has 0 aliphatic heterocycles. The zero-order valence-corrected chi connectivity index (χ0v) is 21.9. The van der Waals surface area contributed by atoms with Crippen molar-refractivity contribution in [2.24, 2.45) is 5.92 Å². The summed E-state index contributed by atoms with van der Waals surface area (Å²) in [6.07, 6.45) is 0.946. The van der Waals surface area contributed by atoms with E-state index in [-0.39, 0.29) is 133 Å². The number of phosphoric ester groups is 1. The molecule has 11 heteroatoms. The molecule has 1 unspecified atom stereocenters. The van der Waals surface area contributed by atoms with Gasteiger partial charge in [-0.05, 0) is 30.4 Å². The molecule has 134 valence electrons. The van der Waals surface area contributed by atoms with E-state index in [0.717, 1.165) is 12.0 Å². The normalized spacial score (nSPS) is 10.6. The number of hydrogen-bond donors (Lipinski definition) is 2. The first-order valence-corrected chi connectivity index (χ1v) is 7.60. The minimum atomic E-state index is -4.77. The van der Waals surface area contributed by atoms with E-state index in [1.807, 2.05) is 12.1 Å². The number of benzene rings is 1. The second-order valence-corrected chi connectivity index (χ2v) is 6.13. The van der Waals surface area contributed by atoms with Crippen LogP contribution in [0, 0.1) is 5.92 Å². The maximum Gasteiger partial charge on any atom is 2.00 e. The van der Waals surface area contributed by atoms with Gasteiger partial charge in [-0.3, -0.25) is 14.6 Å². The van der Waals surface area contributed by atoms with E-state index in [2.05, 4.69) is 18.4 Å². The molecule has 1 rings (SSSR count). The molecule has 0 aromatic heterocycles. The Morgan fingerprint density at radius 1 is 1.08 bits per heavy atom. The van der Waals surface area contributed by atoms with Gasteiger partial charge < -0.3 is 24.0 Å². The Hall–Kier alpha value is 2.54. The van der Waals surface area contributed by atoms with Gasteiger partial charge in [-0.2, -0.15) is 0 Å². The molecule has 0 fully saturated rings. The Kier molecular flexibility index (Phi) is 27.4. The van der Waals surface area contributed by atoms with Crippen molar-refractivity contribution >= 4 is 127 Å². The average molecular weight is 449 g/mol. The molecular weight excluding hydrogens is 419 g/mol. The quantitative estimate of drug-likeness (QED) is 0.497. The van der Waals surface area contributed by atoms with Gasteiger partial charge in [-0.15, -0.1) is 0 Å². The van der Waals surface area contributed by atoms with Crippen LogP contribution < -0.4 is 0 Å². The van der Waals surface area contributed by atoms with Crippen LogP contribution in [0.3, 0.4) is 0 Å². The van der Waals surface area contributed by atoms with Gasteiger partial charge in [0.25, 0.3) is 0 Å². The van der Waals surface area contributed by atoms with Crippen molar-refractivity contribution in [3.63, 3.8) is 0 Å². The zero-order chi connectivity index (χ0) is 14.6. The molecule has 1 aromatic rings. The Morgan fingerprint density at radius 2 is 1.50 bits per heavy atom. The summed E-state index contributed by atoms with van der Waals surface area (Å²) in [5.74, 6) is -1.09. The summed E-state index contributed by atoms with van der Waals surface area (Å²) < 4.78 is 14.7. The molecule has 0 aliphatic rings. The number of phosphoric acid groups is 1. The molecule has 6 N–H and O–H groups in total. The van der Waals surface area contributed by atoms with Crippen molar-refractivity contribution in [1.29, 1.82) is 0 Å². The first-order valence-electron chi connectivity index (χ1n) is 6.07. The standard InChI is InChI=1S/C13H19O5P.3Ca.2H2O.6H/c1-9(2)8-11-4-6-12(7-5-11)10(3)13(14)18-19(15,16)17;;;;;;;;;;;/h4-7,9-10H,8H2,1-3H3,(H2,15,16,17);;;;2*1H2;;;;;;/q;3*+2;;;6*-1. The fourth-order valence-corrected chi connectivity index (χ4v) is 2.14. The molecule has 1 aromatic carbocycles. The molecule has 0 aliphatic carbocycles. The van der Waals surface area contributed by atoms with Crippen molar-refractivity contribution in [2.75, 3.05) is 0 Å². The van der Waals surface area contributed by atoms with Crippen LogP contribution >= 0.6 is 7.82 Å². The molecule has 1 atom stereocenters. The maximum atomic E-state index is 11.5. The van der Waals surface area contributed by atoms with Crippen LogP contribution in [0.15, 0.2) is 24.3 Å². The number of rotatable bonds is 5. The smallest absolute Gasteiger partial charge is 1.00 e. The van der Waals surface area contributed by atoms with Gasteiger partial charge in [0.05, 0.1) is 5.92 Å². The second-order valence-electron chi connectivity index (χ2n) is 4.96. The number of carbonyl (C=O) groups is 1. The molecular formula is C13H29Ca3O7P. The molecule has 24 heavy (non-hydrogen) atoms. The van der Waals surface area contributed by atoms with E-state index < -0.39 is 19.7 Å². The molecule has 0 radical (unpaired) electrons. The predicted molar refractivity (Wildman–Crippen MR) is 103 cm³/mol. The molecule has 0 spiro atoms. The van der Waals surface area contributed by atoms with E-state index in [1.54, 1.807) is 19.1 Å². The summed E-state index contributed by atoms with van der Waals surface area (Å²) in [5, 5.41) is 0. The molecule has 0 heterocycles. The van der Waals surface area contributed by atoms with Gasteiger partial charge in [0.15, 0.2) is 0 Å². The van der Waals surface area contributed by atoms with Crippen molar-refractivity contribution in [3.05, 3.63) is 35.4 Å². The molecule has 0 amide bonds. The van der Waals surface area contributed by atoms with Crippen molar-refractivity contribution < 1.29 is 43.2 Å². The largest absolute Gasteiger partial charge is 2.00 e. The van der Waals surface area contributed by atoms with E-state index in [0.29, 0.717) is 11.5 Å². The van der Waals surface area contributed by atoms with Crippen LogP contribution in [0.4, 0.5) is 0 Å². The third-order valence-electron chi connectivity index (χ3n) is 2.69. The third-order valence-corrected chi connectivity index (χ3v) is 3.10. The molecule has 0 bridgehead atoms. The first kappa shape index (κ1) is 37.3. The van der Waals surface area contributed by atoms with Crippen LogP contribution in [-0.4, -0.2) is 140 Å². The van der Waals surface area contributed by atoms with Gasteiger partial charge in [0, 0.05) is 0 Å². The Morgan fingerprint density at radius 3 is 1.83 bits per heavy atom. The minimum Gasteiger partial charge on any atom is -1.00 e. The number of hydrogen-bond acceptors (Lipinski definition) is 3. The SMILES string of the molecule is CC(C)Cc1ccc(C(C)C(=O)OP(=O)(O)O)cc1.O.O.[Ca+2].[Ca+2].[Ca+2].[H-].[H-].[H-].[H-].[H-].[H-]. The van der Waals surface area contributed by atoms with E-state index in [4.69, 9.17) is 9.79 Å². The topological polar surface area (TPSA) is 147 Å². The van der Waals surface area contributed by atoms with Gasteiger partial charge in [-0.25, -0.2) is 4.57 Å². The van der Waals surface area contributed by atoms with Crippen LogP contribution in [0.1, 0.15) is 46.4 Å². The Bertz CT molecular complexity index is 513. The zero-order valence-electron chi connectivity index (χ0n) is 20.4. The monoisotopic (exact) mass is 448 g/mol. The van der Waals surface area contributed by atoms with Gasteiger partial charge in [0.1, 0.15) is 0 Å². The summed E-state index contributed by atoms with van der Waals surface area (Å²) in [4.78, 5) is 28.7. The van der Waals surface area contributed by atoms with E-state index in [9.17, 15) is 9.36 Å². The maximum absolute atomic E-state index is 11.5. The summed E-state index contributed by atoms with van der Waals surface area (Å²) in [7, 11) is -4.77. The summed E-state index contributed by atoms with van der Waals surface area (Å²) in [6.45, 7) is 5.79. The Labute approximate surface area is 241 Å². The van der Waals surface area contributed by atoms with Crippen LogP contribution in [-0.2, 0) is 20.3 Å². The van der Waals surface area contributed by atoms with E-state index >= 15 is 0 Å². The van der Waals surface area contributed by atoms with Crippen molar-refractivity contribution in [1.82, 2.24) is 0 Å². The second kappa shape index (κ2) is 17.6. The summed E-state index contributed by atoms with van der Waals surface area (Å²) in [5.41, 5.74) is 1.83. The van der Waals surface area contributed by atoms with Gasteiger partial charge >= 0.3 is 127 Å². The van der Waals surface area contributed by atoms with Crippen molar-refractivity contribution in [3.8, 4) is 0 Å². The molecule has 7 nitrogen and oxygen atoms in total. The fraction of sp³-hybridized carbons (Fsp3) is 0.462. The molecule has 0 saturated carbocycles. The third kappa shape index (κ3) is 15.6. The molecule has 0 saturated heterocycles. The first-order chi connectivity index (χ1) is 8.69. The summed E-state index contributed by atoms with van der Waals surface area (Å²) >= 11 is 0. The van der Waals surface area contributed by atoms with Crippen LogP contribution in [0.25, 0.3) is 0 Å².